The Morgan fingerprint density at radius 1 is 1.19 bits per heavy atom. The summed E-state index contributed by atoms with van der Waals surface area (Å²) in [5, 5.41) is 4.28. The lowest BCUT2D eigenvalue weighted by Gasteiger charge is -2.14. The number of carbonyl (C=O) groups excluding carboxylic acids is 2. The number of hydrogen-bond acceptors (Lipinski definition) is 4. The van der Waals surface area contributed by atoms with Gasteiger partial charge in [0.25, 0.3) is 5.91 Å². The van der Waals surface area contributed by atoms with Crippen LogP contribution in [0.15, 0.2) is 36.5 Å². The minimum Gasteiger partial charge on any atom is -0.383 e. The van der Waals surface area contributed by atoms with Crippen molar-refractivity contribution in [3.8, 4) is 0 Å². The lowest BCUT2D eigenvalue weighted by molar-refractivity contribution is 0.0993. The molecular formula is C20H26N4O2. The number of aromatic nitrogens is 2. The van der Waals surface area contributed by atoms with Crippen LogP contribution in [0, 0.1) is 0 Å². The van der Waals surface area contributed by atoms with E-state index < -0.39 is 5.91 Å². The van der Waals surface area contributed by atoms with Gasteiger partial charge in [-0.05, 0) is 29.5 Å². The van der Waals surface area contributed by atoms with E-state index in [2.05, 4.69) is 31.1 Å². The van der Waals surface area contributed by atoms with Gasteiger partial charge in [-0.1, -0.05) is 32.0 Å². The molecule has 0 saturated heterocycles. The molecule has 0 unspecified atom stereocenters. The number of benzene rings is 1. The second-order valence-corrected chi connectivity index (χ2v) is 6.34. The van der Waals surface area contributed by atoms with Crippen molar-refractivity contribution >= 4 is 11.7 Å². The fraction of sp³-hybridized carbons (Fsp3) is 0.350. The second kappa shape index (κ2) is 8.47. The number of primary amides is 1. The lowest BCUT2D eigenvalue weighted by Crippen LogP contribution is -2.15. The first-order valence-electron chi connectivity index (χ1n) is 8.73. The topological polar surface area (TPSA) is 81.2 Å². The van der Waals surface area contributed by atoms with Crippen molar-refractivity contribution in [2.75, 3.05) is 14.1 Å². The Kier molecular flexibility index (Phi) is 6.33. The molecule has 0 atom stereocenters. The van der Waals surface area contributed by atoms with Crippen molar-refractivity contribution in [1.82, 2.24) is 14.7 Å². The van der Waals surface area contributed by atoms with Gasteiger partial charge < -0.3 is 10.6 Å². The molecule has 0 saturated carbocycles. The Balaban J connectivity index is 2.50. The van der Waals surface area contributed by atoms with Crippen molar-refractivity contribution in [3.63, 3.8) is 0 Å². The number of carbonyl (C=O) groups is 2. The van der Waals surface area contributed by atoms with Gasteiger partial charge in [0, 0.05) is 32.4 Å². The zero-order valence-electron chi connectivity index (χ0n) is 15.8. The third-order valence-corrected chi connectivity index (χ3v) is 4.25. The summed E-state index contributed by atoms with van der Waals surface area (Å²) in [4.78, 5) is 25.9. The first-order valence-corrected chi connectivity index (χ1v) is 8.73. The van der Waals surface area contributed by atoms with Gasteiger partial charge in [-0.3, -0.25) is 14.3 Å². The average Bonchev–Trinajstić information content (AvgIpc) is 3.04. The Bertz CT molecular complexity index is 812. The molecule has 2 rings (SSSR count). The number of nitrogens with two attached hydrogens (primary N) is 1. The fourth-order valence-corrected chi connectivity index (χ4v) is 2.86. The predicted molar refractivity (Wildman–Crippen MR) is 102 cm³/mol. The van der Waals surface area contributed by atoms with E-state index in [9.17, 15) is 9.59 Å². The molecule has 2 N–H and O–H groups in total. The van der Waals surface area contributed by atoms with E-state index in [0.29, 0.717) is 12.2 Å². The molecule has 0 spiro atoms. The molecule has 0 fully saturated rings. The molecule has 1 amide bonds. The zero-order valence-corrected chi connectivity index (χ0v) is 15.8. The van der Waals surface area contributed by atoms with Gasteiger partial charge in [0.2, 0.25) is 5.78 Å². The van der Waals surface area contributed by atoms with Gasteiger partial charge in [-0.2, -0.15) is 5.10 Å². The van der Waals surface area contributed by atoms with Crippen LogP contribution in [0.5, 0.6) is 0 Å². The lowest BCUT2D eigenvalue weighted by atomic mass is 9.97. The standard InChI is InChI=1S/C20H26N4O2/c1-5-14-8-7-9-15(6-2)16(14)13-24-18(12-17(22-24)20(21)26)19(25)10-11-23(3)4/h7-12H,5-6,13H2,1-4H3,(H2,21,26). The van der Waals surface area contributed by atoms with Gasteiger partial charge in [0.05, 0.1) is 6.54 Å². The second-order valence-electron chi connectivity index (χ2n) is 6.34. The van der Waals surface area contributed by atoms with E-state index in [-0.39, 0.29) is 11.5 Å². The number of amides is 1. The number of ketones is 1. The smallest absolute Gasteiger partial charge is 0.269 e. The normalized spacial score (nSPS) is 11.1. The molecule has 0 aliphatic heterocycles. The maximum absolute atomic E-state index is 12.6. The Hall–Kier alpha value is -2.89. The SMILES string of the molecule is CCc1cccc(CC)c1Cn1nc(C(N)=O)cc1C(=O)C=CN(C)C. The fourth-order valence-electron chi connectivity index (χ4n) is 2.86. The number of nitrogens with zero attached hydrogens (tertiary/aromatic N) is 3. The summed E-state index contributed by atoms with van der Waals surface area (Å²) in [5.74, 6) is -0.861. The maximum Gasteiger partial charge on any atom is 0.269 e. The third-order valence-electron chi connectivity index (χ3n) is 4.25. The Morgan fingerprint density at radius 2 is 1.81 bits per heavy atom. The molecule has 0 aliphatic rings. The Morgan fingerprint density at radius 3 is 2.31 bits per heavy atom. The summed E-state index contributed by atoms with van der Waals surface area (Å²) in [7, 11) is 3.67. The molecule has 6 heteroatoms. The maximum atomic E-state index is 12.6. The summed E-state index contributed by atoms with van der Waals surface area (Å²) in [6, 6.07) is 7.68. The number of hydrogen-bond donors (Lipinski definition) is 1. The summed E-state index contributed by atoms with van der Waals surface area (Å²) >= 11 is 0. The predicted octanol–water partition coefficient (Wildman–Crippen LogP) is 2.41. The van der Waals surface area contributed by atoms with Crippen LogP contribution in [0.2, 0.25) is 0 Å². The molecule has 26 heavy (non-hydrogen) atoms. The third kappa shape index (κ3) is 4.39. The largest absolute Gasteiger partial charge is 0.383 e. The quantitative estimate of drug-likeness (QED) is 0.583. The van der Waals surface area contributed by atoms with E-state index in [0.717, 1.165) is 18.4 Å². The van der Waals surface area contributed by atoms with Gasteiger partial charge in [0.1, 0.15) is 5.69 Å². The van der Waals surface area contributed by atoms with Crippen LogP contribution in [-0.4, -0.2) is 40.5 Å². The van der Waals surface area contributed by atoms with Crippen LogP contribution in [-0.2, 0) is 19.4 Å². The summed E-state index contributed by atoms with van der Waals surface area (Å²) in [5.41, 5.74) is 9.38. The molecule has 2 aromatic rings. The number of rotatable bonds is 8. The molecule has 0 radical (unpaired) electrons. The van der Waals surface area contributed by atoms with Crippen molar-refractivity contribution in [2.45, 2.75) is 33.2 Å². The van der Waals surface area contributed by atoms with Gasteiger partial charge >= 0.3 is 0 Å². The van der Waals surface area contributed by atoms with Crippen LogP contribution in [0.1, 0.15) is 51.5 Å². The molecule has 6 nitrogen and oxygen atoms in total. The van der Waals surface area contributed by atoms with E-state index >= 15 is 0 Å². The van der Waals surface area contributed by atoms with E-state index in [1.54, 1.807) is 15.8 Å². The van der Waals surface area contributed by atoms with Crippen LogP contribution in [0.4, 0.5) is 0 Å². The van der Waals surface area contributed by atoms with Crippen LogP contribution < -0.4 is 5.73 Å². The highest BCUT2D eigenvalue weighted by molar-refractivity contribution is 6.04. The first kappa shape index (κ1) is 19.4. The summed E-state index contributed by atoms with van der Waals surface area (Å²) < 4.78 is 1.58. The molecule has 1 heterocycles. The highest BCUT2D eigenvalue weighted by Gasteiger charge is 2.18. The monoisotopic (exact) mass is 354 g/mol. The van der Waals surface area contributed by atoms with E-state index in [1.807, 2.05) is 20.2 Å². The van der Waals surface area contributed by atoms with Gasteiger partial charge in [0.15, 0.2) is 5.69 Å². The van der Waals surface area contributed by atoms with Crippen molar-refractivity contribution in [3.05, 3.63) is 64.6 Å². The highest BCUT2D eigenvalue weighted by atomic mass is 16.1. The van der Waals surface area contributed by atoms with Gasteiger partial charge in [-0.15, -0.1) is 0 Å². The zero-order chi connectivity index (χ0) is 19.3. The van der Waals surface area contributed by atoms with Crippen LogP contribution in [0.25, 0.3) is 0 Å². The first-order chi connectivity index (χ1) is 12.4. The molecule has 0 aliphatic carbocycles. The van der Waals surface area contributed by atoms with Crippen LogP contribution >= 0.6 is 0 Å². The van der Waals surface area contributed by atoms with Crippen LogP contribution in [0.3, 0.4) is 0 Å². The summed E-state index contributed by atoms with van der Waals surface area (Å²) in [6.07, 6.45) is 4.90. The molecule has 138 valence electrons. The van der Waals surface area contributed by atoms with Gasteiger partial charge in [-0.25, -0.2) is 0 Å². The summed E-state index contributed by atoms with van der Waals surface area (Å²) in [6.45, 7) is 4.63. The number of allylic oxidation sites excluding steroid dienone is 1. The van der Waals surface area contributed by atoms with Crippen molar-refractivity contribution in [1.29, 1.82) is 0 Å². The van der Waals surface area contributed by atoms with E-state index in [4.69, 9.17) is 5.73 Å². The Labute approximate surface area is 154 Å². The molecule has 0 bridgehead atoms. The average molecular weight is 354 g/mol. The van der Waals surface area contributed by atoms with Crippen molar-refractivity contribution in [2.24, 2.45) is 5.73 Å². The minimum absolute atomic E-state index is 0.0960. The minimum atomic E-state index is -0.645. The highest BCUT2D eigenvalue weighted by Crippen LogP contribution is 2.19. The van der Waals surface area contributed by atoms with Crippen molar-refractivity contribution < 1.29 is 9.59 Å². The van der Waals surface area contributed by atoms with E-state index in [1.165, 1.54) is 23.3 Å². The molecular weight excluding hydrogens is 328 g/mol. The molecule has 1 aromatic heterocycles. The molecule has 1 aromatic carbocycles. The number of aryl methyl sites for hydroxylation is 2.